The highest BCUT2D eigenvalue weighted by atomic mass is 79.9. The van der Waals surface area contributed by atoms with Crippen LogP contribution in [0.2, 0.25) is 5.15 Å². The van der Waals surface area contributed by atoms with Crippen LogP contribution in [0.4, 0.5) is 22.7 Å². The van der Waals surface area contributed by atoms with Gasteiger partial charge in [0.05, 0.1) is 54.7 Å². The summed E-state index contributed by atoms with van der Waals surface area (Å²) in [4.78, 5) is 46.1. The van der Waals surface area contributed by atoms with Crippen molar-refractivity contribution >= 4 is 78.9 Å². The van der Waals surface area contributed by atoms with Crippen molar-refractivity contribution < 1.29 is 43.4 Å². The van der Waals surface area contributed by atoms with E-state index in [0.29, 0.717) is 37.9 Å². The molecule has 0 unspecified atom stereocenters. The third kappa shape index (κ3) is 17.9. The molecule has 7 aromatic rings. The van der Waals surface area contributed by atoms with Gasteiger partial charge in [-0.1, -0.05) is 11.6 Å². The molecule has 8 heterocycles. The standard InChI is InChI=1S/C12H12N4O3.C12H14N4O.C10H17BN2O2.C8H7BrN2O3.C5H2BrClN2O2.C3H6O/c1-15-5-4-10(14-15)8-6-11(16(17)18)12(13-7-8)19-9-2-3-9;1-16-5-4-11(15-16)8-6-10(13)12(14-7-8)17-9-2-3-9;1-9(2)10(3,4)15-11(14-9)8-6-7-13(5)12-8;9-5-3-7(11(12)13)8(10-4-5)14-6-1-2-6;6-3-1-4(9(10)11)5(7)8-2-3;4-3-1-2-3/h4-7,9H,2-3H2,1H3;4-7,9H,2-3,13H2,1H3;6-7H,1-5H3;3-4,6H,1-2H2;1-2H;3-4H,1-2H2. The number of nitrogens with two attached hydrogens (primary N) is 1. The largest absolute Gasteiger partial charge is 0.516 e. The van der Waals surface area contributed by atoms with E-state index in [-0.39, 0.29) is 70.6 Å². The molecule has 4 saturated carbocycles. The first kappa shape index (κ1) is 60.5. The number of rotatable bonds is 12. The van der Waals surface area contributed by atoms with Crippen molar-refractivity contribution in [3.63, 3.8) is 0 Å². The number of pyridine rings is 4. The summed E-state index contributed by atoms with van der Waals surface area (Å²) in [6.45, 7) is 8.15. The number of hydrogen-bond acceptors (Lipinski definition) is 20. The Hall–Kier alpha value is -7.18. The summed E-state index contributed by atoms with van der Waals surface area (Å²) in [5, 5.41) is 52.8. The van der Waals surface area contributed by atoms with Crippen LogP contribution in [0.3, 0.4) is 0 Å². The lowest BCUT2D eigenvalue weighted by atomic mass is 9.85. The van der Waals surface area contributed by atoms with Crippen LogP contribution in [0.1, 0.15) is 79.1 Å². The number of nitrogens with zero attached hydrogens (tertiary/aromatic N) is 13. The monoisotopic (exact) mass is 1250 g/mol. The SMILES string of the molecule is Cn1ccc(-c2cnc(OC3CC3)c(N)c2)n1.Cn1ccc(-c2cnc(OC3CC3)c([N+](=O)[O-])c2)n1.Cn1ccc(B2OC(C)(C)C(C)(C)O2)n1.O=[N+]([O-])c1cc(Br)cnc1Cl.O=[N+]([O-])c1cc(Br)cnc1OC1CC1.OC1CC1. The molecule has 0 amide bonds. The lowest BCUT2D eigenvalue weighted by molar-refractivity contribution is -0.386. The van der Waals surface area contributed by atoms with E-state index >= 15 is 0 Å². The summed E-state index contributed by atoms with van der Waals surface area (Å²) in [6.07, 6.45) is 20.4. The Morgan fingerprint density at radius 2 is 1.00 bits per heavy atom. The minimum absolute atomic E-state index is 0.0758. The molecule has 5 fully saturated rings. The van der Waals surface area contributed by atoms with E-state index in [9.17, 15) is 30.3 Å². The van der Waals surface area contributed by atoms with Gasteiger partial charge in [-0.2, -0.15) is 15.3 Å². The van der Waals surface area contributed by atoms with Crippen LogP contribution < -0.4 is 25.5 Å². The number of nitrogen functional groups attached to an aromatic ring is 1. The van der Waals surface area contributed by atoms with Crippen LogP contribution in [0, 0.1) is 30.3 Å². The highest BCUT2D eigenvalue weighted by Gasteiger charge is 2.52. The van der Waals surface area contributed by atoms with Crippen molar-refractivity contribution in [3.8, 4) is 40.2 Å². The molecule has 26 nitrogen and oxygen atoms in total. The number of ether oxygens (including phenoxy) is 3. The van der Waals surface area contributed by atoms with Gasteiger partial charge in [0.2, 0.25) is 11.0 Å². The molecule has 0 bridgehead atoms. The summed E-state index contributed by atoms with van der Waals surface area (Å²) in [5.41, 5.74) is 9.36. The minimum Gasteiger partial charge on any atom is -0.473 e. The molecular formula is C50H58BBr2ClN14O12. The van der Waals surface area contributed by atoms with Gasteiger partial charge in [0.15, 0.2) is 0 Å². The van der Waals surface area contributed by atoms with Crippen LogP contribution in [0.15, 0.2) is 94.8 Å². The summed E-state index contributed by atoms with van der Waals surface area (Å²) in [6, 6.07) is 11.6. The van der Waals surface area contributed by atoms with Crippen LogP contribution >= 0.6 is 43.5 Å². The van der Waals surface area contributed by atoms with E-state index in [4.69, 9.17) is 46.0 Å². The average Bonchev–Trinajstić information content (AvgIpc) is 4.34. The lowest BCUT2D eigenvalue weighted by Gasteiger charge is -2.32. The summed E-state index contributed by atoms with van der Waals surface area (Å²) in [5.74, 6) is 0.736. The maximum absolute atomic E-state index is 11.1. The van der Waals surface area contributed by atoms with Crippen LogP contribution in [0.25, 0.3) is 22.5 Å². The molecule has 80 heavy (non-hydrogen) atoms. The van der Waals surface area contributed by atoms with Crippen LogP contribution in [0.5, 0.6) is 17.6 Å². The maximum Gasteiger partial charge on any atom is 0.516 e. The average molecular weight is 1250 g/mol. The number of aliphatic hydroxyl groups excluding tert-OH is 1. The molecule has 1 aliphatic heterocycles. The van der Waals surface area contributed by atoms with Crippen molar-refractivity contribution in [3.05, 3.63) is 130 Å². The molecule has 12 rings (SSSR count). The predicted octanol–water partition coefficient (Wildman–Crippen LogP) is 9.10. The Labute approximate surface area is 481 Å². The lowest BCUT2D eigenvalue weighted by Crippen LogP contribution is -2.41. The Morgan fingerprint density at radius 3 is 1.39 bits per heavy atom. The minimum atomic E-state index is -0.583. The second kappa shape index (κ2) is 26.4. The van der Waals surface area contributed by atoms with Gasteiger partial charge >= 0.3 is 24.2 Å². The van der Waals surface area contributed by atoms with Gasteiger partial charge in [0, 0.05) is 103 Å². The topological polar surface area (TPSA) is 327 Å². The first-order valence-electron chi connectivity index (χ1n) is 25.0. The van der Waals surface area contributed by atoms with Crippen molar-refractivity contribution in [1.29, 1.82) is 0 Å². The zero-order valence-electron chi connectivity index (χ0n) is 44.6. The van der Waals surface area contributed by atoms with Crippen molar-refractivity contribution in [2.45, 2.75) is 115 Å². The molecule has 1 saturated heterocycles. The van der Waals surface area contributed by atoms with E-state index in [2.05, 4.69) is 67.1 Å². The molecular weight excluding hydrogens is 1190 g/mol. The summed E-state index contributed by atoms with van der Waals surface area (Å²) < 4.78 is 34.3. The molecule has 5 aliphatic rings. The molecule has 4 aliphatic carbocycles. The Morgan fingerprint density at radius 1 is 0.613 bits per heavy atom. The van der Waals surface area contributed by atoms with Gasteiger partial charge in [-0.05, 0) is 135 Å². The second-order valence-electron chi connectivity index (χ2n) is 19.8. The Kier molecular flexibility index (Phi) is 20.0. The van der Waals surface area contributed by atoms with E-state index in [1.165, 1.54) is 30.6 Å². The molecule has 0 radical (unpaired) electrons. The normalized spacial score (nSPS) is 16.3. The van der Waals surface area contributed by atoms with Gasteiger partial charge in [-0.3, -0.25) is 44.4 Å². The maximum atomic E-state index is 11.1. The van der Waals surface area contributed by atoms with E-state index in [1.54, 1.807) is 45.7 Å². The first-order valence-corrected chi connectivity index (χ1v) is 27.0. The molecule has 0 atom stereocenters. The first-order chi connectivity index (χ1) is 37.8. The quantitative estimate of drug-likeness (QED) is 0.0498. The van der Waals surface area contributed by atoms with Crippen LogP contribution in [-0.2, 0) is 30.5 Å². The van der Waals surface area contributed by atoms with Crippen LogP contribution in [-0.4, -0.2) is 112 Å². The molecule has 3 N–H and O–H groups in total. The number of nitro groups is 3. The van der Waals surface area contributed by atoms with Crippen molar-refractivity contribution in [2.75, 3.05) is 5.73 Å². The molecule has 424 valence electrons. The second-order valence-corrected chi connectivity index (χ2v) is 22.0. The van der Waals surface area contributed by atoms with E-state index in [0.717, 1.165) is 68.2 Å². The Balaban J connectivity index is 0.000000143. The summed E-state index contributed by atoms with van der Waals surface area (Å²) in [7, 11) is 5.20. The number of hydrogen-bond donors (Lipinski definition) is 2. The predicted molar refractivity (Wildman–Crippen MR) is 301 cm³/mol. The van der Waals surface area contributed by atoms with Gasteiger partial charge in [-0.25, -0.2) is 19.9 Å². The number of anilines is 1. The fourth-order valence-corrected chi connectivity index (χ4v) is 7.26. The number of halogens is 3. The third-order valence-electron chi connectivity index (χ3n) is 12.1. The van der Waals surface area contributed by atoms with Gasteiger partial charge < -0.3 is 34.4 Å². The smallest absolute Gasteiger partial charge is 0.473 e. The fourth-order valence-electron chi connectivity index (χ4n) is 6.45. The number of aliphatic hydroxyl groups is 1. The van der Waals surface area contributed by atoms with Gasteiger partial charge in [0.25, 0.3) is 11.8 Å². The van der Waals surface area contributed by atoms with E-state index < -0.39 is 14.8 Å². The fraction of sp³-hybridized carbons (Fsp3) is 0.420. The molecule has 0 aromatic carbocycles. The number of aromatic nitrogens is 10. The van der Waals surface area contributed by atoms with Gasteiger partial charge in [0.1, 0.15) is 18.3 Å². The summed E-state index contributed by atoms with van der Waals surface area (Å²) >= 11 is 11.6. The highest BCUT2D eigenvalue weighted by Crippen LogP contribution is 2.38. The van der Waals surface area contributed by atoms with Crippen molar-refractivity contribution in [1.82, 2.24) is 49.3 Å². The number of aryl methyl sites for hydroxylation is 3. The zero-order chi connectivity index (χ0) is 58.1. The zero-order valence-corrected chi connectivity index (χ0v) is 48.5. The van der Waals surface area contributed by atoms with Gasteiger partial charge in [-0.15, -0.1) is 0 Å². The molecule has 30 heteroatoms. The van der Waals surface area contributed by atoms with E-state index in [1.807, 2.05) is 72.4 Å². The molecule has 7 aromatic heterocycles. The highest BCUT2D eigenvalue weighted by molar-refractivity contribution is 9.10. The Bertz CT molecular complexity index is 3280. The third-order valence-corrected chi connectivity index (χ3v) is 13.2. The van der Waals surface area contributed by atoms with Crippen molar-refractivity contribution in [2.24, 2.45) is 21.1 Å². The molecule has 0 spiro atoms.